The van der Waals surface area contributed by atoms with E-state index in [9.17, 15) is 21.6 Å². The van der Waals surface area contributed by atoms with Crippen LogP contribution in [-0.4, -0.2) is 28.8 Å². The van der Waals surface area contributed by atoms with Crippen molar-refractivity contribution in [1.82, 2.24) is 4.72 Å². The van der Waals surface area contributed by atoms with Crippen LogP contribution in [0.25, 0.3) is 10.8 Å². The van der Waals surface area contributed by atoms with Crippen molar-refractivity contribution in [2.24, 2.45) is 4.40 Å². The molecule has 0 amide bonds. The van der Waals surface area contributed by atoms with Crippen molar-refractivity contribution in [2.75, 3.05) is 5.88 Å². The SMILES string of the molecule is O=C=NS(=O)(=O)NCS(=O)(=O)c1cccc2ccccc12. The van der Waals surface area contributed by atoms with Crippen molar-refractivity contribution >= 4 is 36.9 Å². The highest BCUT2D eigenvalue weighted by Gasteiger charge is 2.20. The molecule has 0 atom stereocenters. The normalized spacial score (nSPS) is 12.0. The summed E-state index contributed by atoms with van der Waals surface area (Å²) in [6.07, 6.45) is 0.843. The van der Waals surface area contributed by atoms with Crippen LogP contribution in [0.5, 0.6) is 0 Å². The van der Waals surface area contributed by atoms with Crippen molar-refractivity contribution < 1.29 is 21.6 Å². The van der Waals surface area contributed by atoms with Gasteiger partial charge >= 0.3 is 10.2 Å². The molecule has 2 aromatic rings. The largest absolute Gasteiger partial charge is 0.331 e. The van der Waals surface area contributed by atoms with E-state index in [4.69, 9.17) is 0 Å². The van der Waals surface area contributed by atoms with E-state index < -0.39 is 25.9 Å². The summed E-state index contributed by atoms with van der Waals surface area (Å²) in [6, 6.07) is 11.5. The molecule has 110 valence electrons. The summed E-state index contributed by atoms with van der Waals surface area (Å²) < 4.78 is 51.0. The molecule has 0 saturated carbocycles. The Morgan fingerprint density at radius 2 is 1.67 bits per heavy atom. The number of carbonyl (C=O) groups excluding carboxylic acids is 1. The molecule has 21 heavy (non-hydrogen) atoms. The van der Waals surface area contributed by atoms with E-state index in [0.717, 1.165) is 6.08 Å². The van der Waals surface area contributed by atoms with Gasteiger partial charge in [0.15, 0.2) is 9.84 Å². The first-order valence-electron chi connectivity index (χ1n) is 5.65. The maximum absolute atomic E-state index is 12.2. The predicted octanol–water partition coefficient (Wildman–Crippen LogP) is 0.741. The summed E-state index contributed by atoms with van der Waals surface area (Å²) in [6.45, 7) is 0. The van der Waals surface area contributed by atoms with E-state index in [2.05, 4.69) is 4.40 Å². The van der Waals surface area contributed by atoms with Gasteiger partial charge in [-0.2, -0.15) is 13.1 Å². The number of rotatable bonds is 5. The van der Waals surface area contributed by atoms with E-state index in [1.165, 1.54) is 6.07 Å². The number of nitrogens with one attached hydrogen (secondary N) is 1. The number of nitrogens with zero attached hydrogens (tertiary/aromatic N) is 1. The molecule has 0 unspecified atom stereocenters. The Labute approximate surface area is 121 Å². The lowest BCUT2D eigenvalue weighted by molar-refractivity contribution is 0.561. The summed E-state index contributed by atoms with van der Waals surface area (Å²) in [5.74, 6) is -0.894. The highest BCUT2D eigenvalue weighted by Crippen LogP contribution is 2.23. The number of benzene rings is 2. The third kappa shape index (κ3) is 3.53. The van der Waals surface area contributed by atoms with Gasteiger partial charge in [-0.05, 0) is 11.5 Å². The van der Waals surface area contributed by atoms with Crippen molar-refractivity contribution in [1.29, 1.82) is 0 Å². The first-order valence-corrected chi connectivity index (χ1v) is 8.74. The molecular weight excluding hydrogens is 316 g/mol. The van der Waals surface area contributed by atoms with Crippen molar-refractivity contribution in [3.8, 4) is 0 Å². The second-order valence-electron chi connectivity index (χ2n) is 4.04. The lowest BCUT2D eigenvalue weighted by Crippen LogP contribution is -2.28. The zero-order chi connectivity index (χ0) is 15.5. The van der Waals surface area contributed by atoms with Crippen LogP contribution < -0.4 is 4.72 Å². The minimum atomic E-state index is -4.35. The Kier molecular flexibility index (Phi) is 4.19. The number of hydrogen-bond donors (Lipinski definition) is 1. The quantitative estimate of drug-likeness (QED) is 0.644. The Morgan fingerprint density at radius 3 is 2.38 bits per heavy atom. The highest BCUT2D eigenvalue weighted by molar-refractivity contribution is 7.93. The number of sulfone groups is 1. The molecule has 0 fully saturated rings. The maximum Gasteiger partial charge on any atom is 0.331 e. The summed E-state index contributed by atoms with van der Waals surface area (Å²) in [7, 11) is -8.27. The minimum Gasteiger partial charge on any atom is -0.222 e. The zero-order valence-corrected chi connectivity index (χ0v) is 12.2. The molecule has 9 heteroatoms. The average molecular weight is 326 g/mol. The number of fused-ring (bicyclic) bond motifs is 1. The molecule has 2 aromatic carbocycles. The molecule has 1 N–H and O–H groups in total. The summed E-state index contributed by atoms with van der Waals surface area (Å²) in [5.41, 5.74) is 0. The number of hydrogen-bond acceptors (Lipinski definition) is 5. The molecule has 7 nitrogen and oxygen atoms in total. The van der Waals surface area contributed by atoms with Gasteiger partial charge in [0.1, 0.15) is 5.88 Å². The highest BCUT2D eigenvalue weighted by atomic mass is 32.2. The summed E-state index contributed by atoms with van der Waals surface area (Å²) in [5, 5.41) is 1.20. The van der Waals surface area contributed by atoms with Crippen LogP contribution >= 0.6 is 0 Å². The van der Waals surface area contributed by atoms with Crippen molar-refractivity contribution in [3.05, 3.63) is 42.5 Å². The fourth-order valence-corrected chi connectivity index (χ4v) is 4.12. The summed E-state index contributed by atoms with van der Waals surface area (Å²) >= 11 is 0. The second kappa shape index (κ2) is 5.74. The molecule has 0 aliphatic heterocycles. The van der Waals surface area contributed by atoms with Gasteiger partial charge in [0.2, 0.25) is 0 Å². The van der Waals surface area contributed by atoms with Crippen molar-refractivity contribution in [2.45, 2.75) is 4.90 Å². The minimum absolute atomic E-state index is 0.00150. The molecule has 0 aromatic heterocycles. The van der Waals surface area contributed by atoms with Crippen LogP contribution in [0.2, 0.25) is 0 Å². The zero-order valence-electron chi connectivity index (χ0n) is 10.6. The molecular formula is C12H10N2O5S2. The molecule has 0 radical (unpaired) electrons. The van der Waals surface area contributed by atoms with Crippen LogP contribution in [0.4, 0.5) is 0 Å². The third-order valence-corrected chi connectivity index (χ3v) is 5.23. The van der Waals surface area contributed by atoms with Crippen LogP contribution in [-0.2, 0) is 24.8 Å². The predicted molar refractivity (Wildman–Crippen MR) is 76.2 cm³/mol. The van der Waals surface area contributed by atoms with Gasteiger partial charge in [-0.25, -0.2) is 13.2 Å². The van der Waals surface area contributed by atoms with Crippen LogP contribution in [0.15, 0.2) is 51.8 Å². The maximum atomic E-state index is 12.2. The molecule has 2 rings (SSSR count). The van der Waals surface area contributed by atoms with Crippen LogP contribution in [0, 0.1) is 0 Å². The van der Waals surface area contributed by atoms with Gasteiger partial charge in [0.25, 0.3) is 6.08 Å². The van der Waals surface area contributed by atoms with Gasteiger partial charge in [-0.1, -0.05) is 40.8 Å². The Morgan fingerprint density at radius 1 is 1.00 bits per heavy atom. The van der Waals surface area contributed by atoms with Crippen LogP contribution in [0.3, 0.4) is 0 Å². The molecule has 0 heterocycles. The lowest BCUT2D eigenvalue weighted by atomic mass is 10.1. The van der Waals surface area contributed by atoms with Gasteiger partial charge in [-0.3, -0.25) is 0 Å². The second-order valence-corrected chi connectivity index (χ2v) is 7.42. The molecule has 0 saturated heterocycles. The molecule has 0 spiro atoms. The van der Waals surface area contributed by atoms with E-state index in [0.29, 0.717) is 10.8 Å². The lowest BCUT2D eigenvalue weighted by Gasteiger charge is -2.08. The third-order valence-electron chi connectivity index (χ3n) is 2.67. The fourth-order valence-electron chi connectivity index (χ4n) is 1.78. The standard InChI is InChI=1S/C12H10N2O5S2/c15-8-13-21(18,19)14-9-20(16,17)12-7-3-5-10-4-1-2-6-11(10)12/h1-7,14H,9H2. The molecule has 0 aliphatic carbocycles. The monoisotopic (exact) mass is 326 g/mol. The van der Waals surface area contributed by atoms with E-state index in [1.54, 1.807) is 41.1 Å². The van der Waals surface area contributed by atoms with Crippen molar-refractivity contribution in [3.63, 3.8) is 0 Å². The van der Waals surface area contributed by atoms with E-state index in [-0.39, 0.29) is 4.90 Å². The topological polar surface area (TPSA) is 110 Å². The Hall–Kier alpha value is -2.06. The summed E-state index contributed by atoms with van der Waals surface area (Å²) in [4.78, 5) is 9.93. The smallest absolute Gasteiger partial charge is 0.222 e. The van der Waals surface area contributed by atoms with Gasteiger partial charge in [0, 0.05) is 5.39 Å². The van der Waals surface area contributed by atoms with Gasteiger partial charge < -0.3 is 0 Å². The molecule has 0 bridgehead atoms. The van der Waals surface area contributed by atoms with Gasteiger partial charge in [0.05, 0.1) is 4.90 Å². The molecule has 0 aliphatic rings. The fraction of sp³-hybridized carbons (Fsp3) is 0.0833. The average Bonchev–Trinajstić information content (AvgIpc) is 2.45. The Bertz CT molecular complexity index is 924. The van der Waals surface area contributed by atoms with E-state index in [1.807, 2.05) is 0 Å². The van der Waals surface area contributed by atoms with Gasteiger partial charge in [-0.15, -0.1) is 0 Å². The Balaban J connectivity index is 2.41. The van der Waals surface area contributed by atoms with E-state index >= 15 is 0 Å². The first-order chi connectivity index (χ1) is 9.86. The first kappa shape index (κ1) is 15.3. The van der Waals surface area contributed by atoms with Crippen LogP contribution in [0.1, 0.15) is 0 Å². The number of isocyanates is 1.